The van der Waals surface area contributed by atoms with E-state index in [1.165, 1.54) is 10.9 Å². The average molecular weight is 474 g/mol. The topological polar surface area (TPSA) is 69.0 Å². The standard InChI is InChI=1S/C19H16Cl4N4O2/c1-11-7-17(27(26-11)19-15(23)9-13(21)10-24-19)25-18(28)3-2-6-29-16-5-4-12(20)8-14(16)22/h4-5,7-10H,2-3,6H2,1H3,(H,25,28). The molecule has 0 spiro atoms. The fraction of sp³-hybridized carbons (Fsp3) is 0.211. The summed E-state index contributed by atoms with van der Waals surface area (Å²) in [4.78, 5) is 16.5. The van der Waals surface area contributed by atoms with Crippen molar-refractivity contribution < 1.29 is 9.53 Å². The quantitative estimate of drug-likeness (QED) is 0.428. The van der Waals surface area contributed by atoms with E-state index in [-0.39, 0.29) is 12.3 Å². The van der Waals surface area contributed by atoms with Crippen LogP contribution in [-0.4, -0.2) is 27.3 Å². The van der Waals surface area contributed by atoms with Crippen molar-refractivity contribution in [3.8, 4) is 11.6 Å². The molecule has 0 aliphatic rings. The molecule has 0 saturated carbocycles. The molecule has 0 saturated heterocycles. The van der Waals surface area contributed by atoms with E-state index in [0.29, 0.717) is 56.2 Å². The molecule has 0 aliphatic heterocycles. The fourth-order valence-corrected chi connectivity index (χ4v) is 3.45. The van der Waals surface area contributed by atoms with Crippen molar-refractivity contribution in [2.75, 3.05) is 11.9 Å². The largest absolute Gasteiger partial charge is 0.492 e. The first-order valence-corrected chi connectivity index (χ1v) is 10.1. The maximum absolute atomic E-state index is 12.3. The number of carbonyl (C=O) groups is 1. The van der Waals surface area contributed by atoms with Crippen LogP contribution >= 0.6 is 46.4 Å². The Kier molecular flexibility index (Phi) is 7.24. The normalized spacial score (nSPS) is 10.8. The molecule has 0 atom stereocenters. The number of ether oxygens (including phenoxy) is 1. The molecule has 0 bridgehead atoms. The summed E-state index contributed by atoms with van der Waals surface area (Å²) < 4.78 is 7.06. The zero-order chi connectivity index (χ0) is 21.0. The van der Waals surface area contributed by atoms with E-state index in [0.717, 1.165) is 0 Å². The van der Waals surface area contributed by atoms with Gasteiger partial charge in [-0.3, -0.25) is 4.79 Å². The molecule has 3 aromatic rings. The van der Waals surface area contributed by atoms with Crippen LogP contribution < -0.4 is 10.1 Å². The van der Waals surface area contributed by atoms with Gasteiger partial charge in [-0.25, -0.2) is 4.98 Å². The molecule has 2 aromatic heterocycles. The first-order valence-electron chi connectivity index (χ1n) is 8.59. The van der Waals surface area contributed by atoms with Gasteiger partial charge in [-0.15, -0.1) is 0 Å². The maximum atomic E-state index is 12.3. The molecule has 0 aliphatic carbocycles. The predicted molar refractivity (Wildman–Crippen MR) is 116 cm³/mol. The Hall–Kier alpha value is -1.99. The number of halogens is 4. The Morgan fingerprint density at radius 3 is 2.59 bits per heavy atom. The summed E-state index contributed by atoms with van der Waals surface area (Å²) in [5, 5.41) is 8.85. The highest BCUT2D eigenvalue weighted by Gasteiger charge is 2.15. The number of nitrogens with zero attached hydrogens (tertiary/aromatic N) is 3. The number of carbonyl (C=O) groups excluding carboxylic acids is 1. The highest BCUT2D eigenvalue weighted by molar-refractivity contribution is 6.36. The summed E-state index contributed by atoms with van der Waals surface area (Å²) in [6.07, 6.45) is 2.21. The lowest BCUT2D eigenvalue weighted by Crippen LogP contribution is -2.16. The van der Waals surface area contributed by atoms with Crippen LogP contribution in [0, 0.1) is 6.92 Å². The number of hydrogen-bond donors (Lipinski definition) is 1. The van der Waals surface area contributed by atoms with Gasteiger partial charge in [0, 0.05) is 23.7 Å². The van der Waals surface area contributed by atoms with E-state index in [1.54, 1.807) is 37.3 Å². The molecule has 1 aromatic carbocycles. The van der Waals surface area contributed by atoms with Gasteiger partial charge in [-0.2, -0.15) is 9.78 Å². The molecule has 1 amide bonds. The SMILES string of the molecule is Cc1cc(NC(=O)CCCOc2ccc(Cl)cc2Cl)n(-c2ncc(Cl)cc2Cl)n1. The van der Waals surface area contributed by atoms with Crippen LogP contribution in [0.15, 0.2) is 36.5 Å². The summed E-state index contributed by atoms with van der Waals surface area (Å²) in [6, 6.07) is 8.27. The van der Waals surface area contributed by atoms with Crippen molar-refractivity contribution in [1.82, 2.24) is 14.8 Å². The Bertz CT molecular complexity index is 1040. The molecule has 2 heterocycles. The second kappa shape index (κ2) is 9.67. The van der Waals surface area contributed by atoms with E-state index >= 15 is 0 Å². The summed E-state index contributed by atoms with van der Waals surface area (Å²) >= 11 is 24.0. The van der Waals surface area contributed by atoms with Crippen molar-refractivity contribution in [3.63, 3.8) is 0 Å². The smallest absolute Gasteiger partial charge is 0.225 e. The molecular weight excluding hydrogens is 458 g/mol. The maximum Gasteiger partial charge on any atom is 0.225 e. The Morgan fingerprint density at radius 2 is 1.86 bits per heavy atom. The van der Waals surface area contributed by atoms with Gasteiger partial charge in [-0.1, -0.05) is 46.4 Å². The number of nitrogens with one attached hydrogen (secondary N) is 1. The summed E-state index contributed by atoms with van der Waals surface area (Å²) in [5.74, 6) is 1.17. The van der Waals surface area contributed by atoms with Crippen LogP contribution in [0.3, 0.4) is 0 Å². The Labute approximate surface area is 187 Å². The summed E-state index contributed by atoms with van der Waals surface area (Å²) in [5.41, 5.74) is 0.703. The van der Waals surface area contributed by atoms with Crippen molar-refractivity contribution >= 4 is 58.1 Å². The lowest BCUT2D eigenvalue weighted by molar-refractivity contribution is -0.116. The third kappa shape index (κ3) is 5.76. The first kappa shape index (κ1) is 21.7. The van der Waals surface area contributed by atoms with Gasteiger partial charge >= 0.3 is 0 Å². The van der Waals surface area contributed by atoms with Gasteiger partial charge in [-0.05, 0) is 37.6 Å². The van der Waals surface area contributed by atoms with Gasteiger partial charge in [0.05, 0.1) is 27.4 Å². The number of anilines is 1. The monoisotopic (exact) mass is 472 g/mol. The molecule has 0 radical (unpaired) electrons. The number of aromatic nitrogens is 3. The van der Waals surface area contributed by atoms with Gasteiger partial charge in [0.1, 0.15) is 11.6 Å². The Balaban J connectivity index is 1.58. The van der Waals surface area contributed by atoms with Gasteiger partial charge in [0.15, 0.2) is 5.82 Å². The minimum absolute atomic E-state index is 0.193. The van der Waals surface area contributed by atoms with E-state index in [9.17, 15) is 4.79 Å². The number of pyridine rings is 1. The molecule has 6 nitrogen and oxygen atoms in total. The number of hydrogen-bond acceptors (Lipinski definition) is 4. The predicted octanol–water partition coefficient (Wildman–Crippen LogP) is 5.99. The molecule has 10 heteroatoms. The van der Waals surface area contributed by atoms with E-state index < -0.39 is 0 Å². The van der Waals surface area contributed by atoms with E-state index in [4.69, 9.17) is 51.1 Å². The molecule has 0 fully saturated rings. The van der Waals surface area contributed by atoms with Crippen molar-refractivity contribution in [3.05, 3.63) is 62.3 Å². The molecule has 3 rings (SSSR count). The zero-order valence-electron chi connectivity index (χ0n) is 15.3. The number of amides is 1. The molecular formula is C19H16Cl4N4O2. The van der Waals surface area contributed by atoms with Gasteiger partial charge in [0.25, 0.3) is 0 Å². The minimum Gasteiger partial charge on any atom is -0.492 e. The highest BCUT2D eigenvalue weighted by Crippen LogP contribution is 2.28. The molecule has 0 unspecified atom stereocenters. The third-order valence-corrected chi connectivity index (χ3v) is 4.80. The van der Waals surface area contributed by atoms with Crippen LogP contribution in [0.25, 0.3) is 5.82 Å². The fourth-order valence-electron chi connectivity index (χ4n) is 2.53. The van der Waals surface area contributed by atoms with E-state index in [2.05, 4.69) is 15.4 Å². The number of aryl methyl sites for hydroxylation is 1. The average Bonchev–Trinajstić information content (AvgIpc) is 3.00. The van der Waals surface area contributed by atoms with E-state index in [1.807, 2.05) is 0 Å². The van der Waals surface area contributed by atoms with Crippen LogP contribution in [0.1, 0.15) is 18.5 Å². The number of benzene rings is 1. The molecule has 29 heavy (non-hydrogen) atoms. The van der Waals surface area contributed by atoms with Crippen molar-refractivity contribution in [2.45, 2.75) is 19.8 Å². The van der Waals surface area contributed by atoms with Gasteiger partial charge < -0.3 is 10.1 Å². The zero-order valence-corrected chi connectivity index (χ0v) is 18.3. The third-order valence-electron chi connectivity index (χ3n) is 3.79. The minimum atomic E-state index is -0.193. The summed E-state index contributed by atoms with van der Waals surface area (Å²) in [6.45, 7) is 2.14. The second-order valence-corrected chi connectivity index (χ2v) is 7.80. The van der Waals surface area contributed by atoms with Crippen LogP contribution in [-0.2, 0) is 4.79 Å². The van der Waals surface area contributed by atoms with Crippen LogP contribution in [0.2, 0.25) is 20.1 Å². The molecule has 1 N–H and O–H groups in total. The molecule has 152 valence electrons. The number of rotatable bonds is 7. The highest BCUT2D eigenvalue weighted by atomic mass is 35.5. The lowest BCUT2D eigenvalue weighted by atomic mass is 10.3. The van der Waals surface area contributed by atoms with Crippen LogP contribution in [0.5, 0.6) is 5.75 Å². The van der Waals surface area contributed by atoms with Crippen LogP contribution in [0.4, 0.5) is 5.82 Å². The second-order valence-electron chi connectivity index (χ2n) is 6.12. The summed E-state index contributed by atoms with van der Waals surface area (Å²) in [7, 11) is 0. The van der Waals surface area contributed by atoms with Gasteiger partial charge in [0.2, 0.25) is 5.91 Å². The van der Waals surface area contributed by atoms with Crippen molar-refractivity contribution in [2.24, 2.45) is 0 Å². The lowest BCUT2D eigenvalue weighted by Gasteiger charge is -2.10. The first-order chi connectivity index (χ1) is 13.8. The van der Waals surface area contributed by atoms with Crippen molar-refractivity contribution in [1.29, 1.82) is 0 Å². The Morgan fingerprint density at radius 1 is 1.10 bits per heavy atom.